The number of nitrogens with zero attached hydrogens (tertiary/aromatic N) is 3. The summed E-state index contributed by atoms with van der Waals surface area (Å²) in [5.41, 5.74) is 1.11. The summed E-state index contributed by atoms with van der Waals surface area (Å²) in [7, 11) is -3.47. The fourth-order valence-corrected chi connectivity index (χ4v) is 3.61. The van der Waals surface area contributed by atoms with Gasteiger partial charge in [-0.2, -0.15) is 15.1 Å². The van der Waals surface area contributed by atoms with Crippen molar-refractivity contribution in [3.63, 3.8) is 0 Å². The molecule has 0 amide bonds. The Bertz CT molecular complexity index is 1060. The number of benzene rings is 1. The van der Waals surface area contributed by atoms with Crippen molar-refractivity contribution in [2.45, 2.75) is 23.9 Å². The van der Waals surface area contributed by atoms with E-state index in [2.05, 4.69) is 46.7 Å². The zero-order valence-electron chi connectivity index (χ0n) is 13.2. The Hall–Kier alpha value is -2.20. The van der Waals surface area contributed by atoms with Gasteiger partial charge in [-0.05, 0) is 31.0 Å². The molecular formula is C15H15BrN6O2S. The van der Waals surface area contributed by atoms with Crippen LogP contribution in [-0.2, 0) is 9.84 Å². The van der Waals surface area contributed by atoms with Crippen LogP contribution in [0, 0.1) is 0 Å². The average Bonchev–Trinajstić information content (AvgIpc) is 3.21. The van der Waals surface area contributed by atoms with Crippen LogP contribution in [0.4, 0.5) is 17.5 Å². The molecule has 1 aliphatic carbocycles. The molecule has 8 nitrogen and oxygen atoms in total. The molecule has 1 aromatic carbocycles. The van der Waals surface area contributed by atoms with E-state index in [1.165, 1.54) is 0 Å². The molecule has 4 rings (SSSR count). The molecule has 0 unspecified atom stereocenters. The van der Waals surface area contributed by atoms with Crippen LogP contribution in [0.3, 0.4) is 0 Å². The lowest BCUT2D eigenvalue weighted by molar-refractivity contribution is 0.598. The molecule has 1 fully saturated rings. The predicted molar refractivity (Wildman–Crippen MR) is 98.9 cm³/mol. The first-order valence-electron chi connectivity index (χ1n) is 7.65. The van der Waals surface area contributed by atoms with E-state index in [0.29, 0.717) is 28.8 Å². The first-order valence-corrected chi connectivity index (χ1v) is 10.3. The highest BCUT2D eigenvalue weighted by Gasteiger charge is 2.27. The second-order valence-corrected chi connectivity index (χ2v) is 8.84. The molecule has 0 radical (unpaired) electrons. The quantitative estimate of drug-likeness (QED) is 0.579. The Balaban J connectivity index is 1.81. The molecule has 1 aliphatic rings. The van der Waals surface area contributed by atoms with Crippen LogP contribution in [0.2, 0.25) is 0 Å². The van der Waals surface area contributed by atoms with Crippen molar-refractivity contribution >= 4 is 54.3 Å². The van der Waals surface area contributed by atoms with Gasteiger partial charge in [0.05, 0.1) is 0 Å². The fourth-order valence-electron chi connectivity index (χ4n) is 2.44. The van der Waals surface area contributed by atoms with Crippen molar-refractivity contribution < 1.29 is 8.42 Å². The number of aromatic nitrogens is 4. The summed E-state index contributed by atoms with van der Waals surface area (Å²) in [5.74, 6) is 0.819. The molecule has 2 heterocycles. The van der Waals surface area contributed by atoms with Crippen LogP contribution >= 0.6 is 15.9 Å². The van der Waals surface area contributed by atoms with Gasteiger partial charge < -0.3 is 10.6 Å². The summed E-state index contributed by atoms with van der Waals surface area (Å²) >= 11 is 3.42. The number of halogens is 1. The highest BCUT2D eigenvalue weighted by molar-refractivity contribution is 9.10. The number of anilines is 3. The monoisotopic (exact) mass is 422 g/mol. The average molecular weight is 423 g/mol. The zero-order valence-corrected chi connectivity index (χ0v) is 15.6. The summed E-state index contributed by atoms with van der Waals surface area (Å²) in [6.07, 6.45) is 3.20. The molecule has 130 valence electrons. The molecule has 0 spiro atoms. The molecule has 0 atom stereocenters. The standard InChI is InChI=1S/C15H15BrN6O2S/c1-25(23,24)14-11-12(17-9-5-6-9)19-15(20-13(11)21-22-14)18-10-4-2-3-8(16)7-10/h2-4,7,9H,5-6H2,1H3,(H3,17,18,19,20,21,22). The fraction of sp³-hybridized carbons (Fsp3) is 0.267. The van der Waals surface area contributed by atoms with Crippen LogP contribution in [0.25, 0.3) is 11.0 Å². The molecule has 0 aliphatic heterocycles. The van der Waals surface area contributed by atoms with E-state index >= 15 is 0 Å². The van der Waals surface area contributed by atoms with Crippen molar-refractivity contribution in [2.24, 2.45) is 0 Å². The van der Waals surface area contributed by atoms with Crippen molar-refractivity contribution in [2.75, 3.05) is 16.9 Å². The number of H-pyrrole nitrogens is 1. The van der Waals surface area contributed by atoms with Crippen LogP contribution in [0.1, 0.15) is 12.8 Å². The highest BCUT2D eigenvalue weighted by atomic mass is 79.9. The Labute approximate surface area is 152 Å². The van der Waals surface area contributed by atoms with Gasteiger partial charge in [0.15, 0.2) is 20.5 Å². The van der Waals surface area contributed by atoms with Gasteiger partial charge in [0, 0.05) is 22.5 Å². The molecule has 3 aromatic rings. The van der Waals surface area contributed by atoms with Crippen molar-refractivity contribution in [3.05, 3.63) is 28.7 Å². The molecule has 25 heavy (non-hydrogen) atoms. The van der Waals surface area contributed by atoms with Gasteiger partial charge in [0.1, 0.15) is 11.2 Å². The maximum atomic E-state index is 12.0. The van der Waals surface area contributed by atoms with Crippen LogP contribution < -0.4 is 10.6 Å². The summed E-state index contributed by atoms with van der Waals surface area (Å²) in [6.45, 7) is 0. The van der Waals surface area contributed by atoms with Crippen LogP contribution in [0.5, 0.6) is 0 Å². The SMILES string of the molecule is CS(=O)(=O)c1[nH]nc2nc(Nc3cccc(Br)c3)nc(NC3CC3)c12. The maximum absolute atomic E-state index is 12.0. The number of fused-ring (bicyclic) bond motifs is 1. The molecule has 10 heteroatoms. The van der Waals surface area contributed by atoms with E-state index in [4.69, 9.17) is 0 Å². The van der Waals surface area contributed by atoms with E-state index < -0.39 is 9.84 Å². The third-order valence-electron chi connectivity index (χ3n) is 3.75. The number of nitrogens with one attached hydrogen (secondary N) is 3. The molecule has 2 aromatic heterocycles. The largest absolute Gasteiger partial charge is 0.367 e. The predicted octanol–water partition coefficient (Wildman–Crippen LogP) is 2.84. The normalized spacial score (nSPS) is 14.6. The van der Waals surface area contributed by atoms with E-state index in [-0.39, 0.29) is 5.03 Å². The smallest absolute Gasteiger partial charge is 0.231 e. The summed E-state index contributed by atoms with van der Waals surface area (Å²) < 4.78 is 24.9. The van der Waals surface area contributed by atoms with E-state index in [0.717, 1.165) is 29.3 Å². The third kappa shape index (κ3) is 3.45. The lowest BCUT2D eigenvalue weighted by Gasteiger charge is -2.10. The Kier molecular flexibility index (Phi) is 3.88. The van der Waals surface area contributed by atoms with Gasteiger partial charge in [0.25, 0.3) is 0 Å². The highest BCUT2D eigenvalue weighted by Crippen LogP contribution is 2.32. The first kappa shape index (κ1) is 16.3. The molecule has 3 N–H and O–H groups in total. The van der Waals surface area contributed by atoms with Gasteiger partial charge in [-0.1, -0.05) is 22.0 Å². The van der Waals surface area contributed by atoms with Gasteiger partial charge in [-0.3, -0.25) is 5.10 Å². The summed E-state index contributed by atoms with van der Waals surface area (Å²) in [4.78, 5) is 8.82. The Morgan fingerprint density at radius 2 is 2.08 bits per heavy atom. The number of hydrogen-bond donors (Lipinski definition) is 3. The Morgan fingerprint density at radius 3 is 2.76 bits per heavy atom. The second kappa shape index (κ2) is 5.95. The van der Waals surface area contributed by atoms with Crippen LogP contribution in [-0.4, -0.2) is 40.9 Å². The van der Waals surface area contributed by atoms with E-state index in [1.807, 2.05) is 24.3 Å². The third-order valence-corrected chi connectivity index (χ3v) is 5.28. The van der Waals surface area contributed by atoms with Gasteiger partial charge in [-0.25, -0.2) is 8.42 Å². The number of sulfone groups is 1. The minimum Gasteiger partial charge on any atom is -0.367 e. The topological polar surface area (TPSA) is 113 Å². The van der Waals surface area contributed by atoms with Gasteiger partial charge >= 0.3 is 0 Å². The minimum atomic E-state index is -3.47. The molecule has 0 bridgehead atoms. The van der Waals surface area contributed by atoms with Crippen LogP contribution in [0.15, 0.2) is 33.8 Å². The molecule has 0 saturated heterocycles. The van der Waals surface area contributed by atoms with E-state index in [9.17, 15) is 8.42 Å². The lowest BCUT2D eigenvalue weighted by Crippen LogP contribution is -2.08. The minimum absolute atomic E-state index is 0.0275. The maximum Gasteiger partial charge on any atom is 0.231 e. The first-order chi connectivity index (χ1) is 11.9. The number of hydrogen-bond acceptors (Lipinski definition) is 7. The van der Waals surface area contributed by atoms with Gasteiger partial charge in [0.2, 0.25) is 5.95 Å². The number of aromatic amines is 1. The van der Waals surface area contributed by atoms with Crippen molar-refractivity contribution in [3.8, 4) is 0 Å². The zero-order chi connectivity index (χ0) is 17.6. The second-order valence-electron chi connectivity index (χ2n) is 5.97. The lowest BCUT2D eigenvalue weighted by atomic mass is 10.3. The van der Waals surface area contributed by atoms with Gasteiger partial charge in [-0.15, -0.1) is 0 Å². The van der Waals surface area contributed by atoms with Crippen molar-refractivity contribution in [1.29, 1.82) is 0 Å². The molecular weight excluding hydrogens is 408 g/mol. The van der Waals surface area contributed by atoms with E-state index in [1.54, 1.807) is 0 Å². The number of rotatable bonds is 5. The summed E-state index contributed by atoms with van der Waals surface area (Å²) in [6, 6.07) is 7.90. The molecule has 1 saturated carbocycles. The summed E-state index contributed by atoms with van der Waals surface area (Å²) in [5, 5.41) is 13.4. The Morgan fingerprint density at radius 1 is 1.28 bits per heavy atom. The van der Waals surface area contributed by atoms with Crippen molar-refractivity contribution in [1.82, 2.24) is 20.2 Å².